The van der Waals surface area contributed by atoms with Gasteiger partial charge in [0.1, 0.15) is 11.5 Å². The highest BCUT2D eigenvalue weighted by molar-refractivity contribution is 5.54. The molecule has 3 heteroatoms. The van der Waals surface area contributed by atoms with Crippen molar-refractivity contribution in [1.82, 2.24) is 0 Å². The van der Waals surface area contributed by atoms with Crippen LogP contribution in [-0.4, -0.2) is 23.9 Å². The van der Waals surface area contributed by atoms with Crippen LogP contribution in [0.5, 0.6) is 11.5 Å². The normalized spacial score (nSPS) is 11.6. The van der Waals surface area contributed by atoms with Gasteiger partial charge in [-0.05, 0) is 31.0 Å². The number of aromatic hydroxyl groups is 1. The number of ether oxygens (including phenoxy) is 1. The molecule has 0 fully saturated rings. The molecular weight excluding hydrogens is 204 g/mol. The number of rotatable bonds is 3. The summed E-state index contributed by atoms with van der Waals surface area (Å²) >= 11 is 0. The maximum absolute atomic E-state index is 10.1. The first kappa shape index (κ1) is 12.8. The van der Waals surface area contributed by atoms with E-state index in [9.17, 15) is 10.2 Å². The minimum absolute atomic E-state index is 0.0216. The van der Waals surface area contributed by atoms with Crippen molar-refractivity contribution < 1.29 is 14.9 Å². The van der Waals surface area contributed by atoms with Crippen molar-refractivity contribution in [3.05, 3.63) is 22.8 Å². The molecule has 0 radical (unpaired) electrons. The molecule has 0 atom stereocenters. The lowest BCUT2D eigenvalue weighted by Crippen LogP contribution is -2.22. The summed E-state index contributed by atoms with van der Waals surface area (Å²) in [7, 11) is 1.61. The van der Waals surface area contributed by atoms with E-state index < -0.39 is 5.41 Å². The van der Waals surface area contributed by atoms with Crippen LogP contribution >= 0.6 is 0 Å². The molecule has 3 nitrogen and oxygen atoms in total. The number of aliphatic hydroxyl groups is 1. The molecule has 0 bridgehead atoms. The molecule has 0 aliphatic carbocycles. The zero-order valence-corrected chi connectivity index (χ0v) is 10.6. The molecule has 0 spiro atoms. The van der Waals surface area contributed by atoms with Crippen LogP contribution in [0.25, 0.3) is 0 Å². The average Bonchev–Trinajstić information content (AvgIpc) is 2.26. The van der Waals surface area contributed by atoms with Gasteiger partial charge < -0.3 is 14.9 Å². The Bertz CT molecular complexity index is 395. The second kappa shape index (κ2) is 4.34. The van der Waals surface area contributed by atoms with Gasteiger partial charge in [-0.15, -0.1) is 0 Å². The van der Waals surface area contributed by atoms with Gasteiger partial charge in [-0.3, -0.25) is 0 Å². The van der Waals surface area contributed by atoms with E-state index >= 15 is 0 Å². The van der Waals surface area contributed by atoms with Crippen molar-refractivity contribution in [3.8, 4) is 11.5 Å². The molecular formula is C13H20O3. The van der Waals surface area contributed by atoms with Gasteiger partial charge in [-0.1, -0.05) is 13.8 Å². The standard InChI is InChI=1S/C13H20O3/c1-8-9(2)12(15)10(6-11(8)16-5)13(3,4)7-14/h6,14-15H,7H2,1-5H3. The van der Waals surface area contributed by atoms with Gasteiger partial charge in [0.25, 0.3) is 0 Å². The molecule has 1 aromatic rings. The van der Waals surface area contributed by atoms with Gasteiger partial charge in [-0.25, -0.2) is 0 Å². The van der Waals surface area contributed by atoms with Crippen LogP contribution in [0.1, 0.15) is 30.5 Å². The van der Waals surface area contributed by atoms with E-state index in [1.54, 1.807) is 13.2 Å². The van der Waals surface area contributed by atoms with Crippen molar-refractivity contribution >= 4 is 0 Å². The predicted molar refractivity (Wildman–Crippen MR) is 64.2 cm³/mol. The maximum Gasteiger partial charge on any atom is 0.122 e. The van der Waals surface area contributed by atoms with E-state index in [1.165, 1.54) is 0 Å². The summed E-state index contributed by atoms with van der Waals surface area (Å²) in [5.41, 5.74) is 1.97. The van der Waals surface area contributed by atoms with Crippen LogP contribution < -0.4 is 4.74 Å². The molecule has 1 rings (SSSR count). The van der Waals surface area contributed by atoms with E-state index in [1.807, 2.05) is 27.7 Å². The molecule has 0 saturated heterocycles. The summed E-state index contributed by atoms with van der Waals surface area (Å²) in [6, 6.07) is 1.80. The molecule has 0 aliphatic heterocycles. The van der Waals surface area contributed by atoms with Crippen LogP contribution in [0.15, 0.2) is 6.07 Å². The van der Waals surface area contributed by atoms with Gasteiger partial charge in [0.2, 0.25) is 0 Å². The van der Waals surface area contributed by atoms with E-state index in [-0.39, 0.29) is 12.4 Å². The fraction of sp³-hybridized carbons (Fsp3) is 0.538. The Labute approximate surface area is 96.7 Å². The minimum Gasteiger partial charge on any atom is -0.507 e. The van der Waals surface area contributed by atoms with Crippen molar-refractivity contribution in [2.45, 2.75) is 33.1 Å². The van der Waals surface area contributed by atoms with Crippen molar-refractivity contribution in [2.75, 3.05) is 13.7 Å². The smallest absolute Gasteiger partial charge is 0.122 e. The van der Waals surface area contributed by atoms with Crippen molar-refractivity contribution in [1.29, 1.82) is 0 Å². The second-order valence-electron chi connectivity index (χ2n) is 4.77. The Kier molecular flexibility index (Phi) is 3.48. The molecule has 0 saturated carbocycles. The molecule has 0 aromatic heterocycles. The third-order valence-corrected chi connectivity index (χ3v) is 3.16. The first-order valence-corrected chi connectivity index (χ1v) is 5.33. The lowest BCUT2D eigenvalue weighted by Gasteiger charge is -2.25. The van der Waals surface area contributed by atoms with Crippen LogP contribution in [0.3, 0.4) is 0 Å². The molecule has 1 aromatic carbocycles. The summed E-state index contributed by atoms with van der Waals surface area (Å²) in [6.07, 6.45) is 0. The molecule has 2 N–H and O–H groups in total. The summed E-state index contributed by atoms with van der Waals surface area (Å²) in [5, 5.41) is 19.4. The third kappa shape index (κ3) is 2.00. The lowest BCUT2D eigenvalue weighted by molar-refractivity contribution is 0.214. The Morgan fingerprint density at radius 1 is 1.25 bits per heavy atom. The fourth-order valence-corrected chi connectivity index (χ4v) is 1.69. The zero-order chi connectivity index (χ0) is 12.5. The Hall–Kier alpha value is -1.22. The largest absolute Gasteiger partial charge is 0.507 e. The summed E-state index contributed by atoms with van der Waals surface area (Å²) in [6.45, 7) is 7.51. The van der Waals surface area contributed by atoms with Gasteiger partial charge >= 0.3 is 0 Å². The van der Waals surface area contributed by atoms with Crippen molar-refractivity contribution in [2.24, 2.45) is 0 Å². The SMILES string of the molecule is COc1cc(C(C)(C)CO)c(O)c(C)c1C. The third-order valence-electron chi connectivity index (χ3n) is 3.16. The number of hydrogen-bond donors (Lipinski definition) is 2. The predicted octanol–water partition coefficient (Wildman–Crippen LogP) is 2.29. The van der Waals surface area contributed by atoms with Gasteiger partial charge in [0, 0.05) is 11.0 Å². The molecule has 90 valence electrons. The number of aliphatic hydroxyl groups excluding tert-OH is 1. The minimum atomic E-state index is -0.476. The Morgan fingerprint density at radius 2 is 1.81 bits per heavy atom. The van der Waals surface area contributed by atoms with Crippen LogP contribution in [0.4, 0.5) is 0 Å². The first-order chi connectivity index (χ1) is 7.35. The Balaban J connectivity index is 3.47. The monoisotopic (exact) mass is 224 g/mol. The highest BCUT2D eigenvalue weighted by atomic mass is 16.5. The number of phenols is 1. The van der Waals surface area contributed by atoms with Gasteiger partial charge in [-0.2, -0.15) is 0 Å². The topological polar surface area (TPSA) is 49.7 Å². The maximum atomic E-state index is 10.1. The van der Waals surface area contributed by atoms with E-state index in [0.29, 0.717) is 0 Å². The fourth-order valence-electron chi connectivity index (χ4n) is 1.69. The first-order valence-electron chi connectivity index (χ1n) is 5.33. The number of methoxy groups -OCH3 is 1. The molecule has 0 amide bonds. The average molecular weight is 224 g/mol. The summed E-state index contributed by atoms with van der Waals surface area (Å²) in [5.74, 6) is 0.990. The quantitative estimate of drug-likeness (QED) is 0.828. The molecule has 0 heterocycles. The van der Waals surface area contributed by atoms with E-state index in [4.69, 9.17) is 4.74 Å². The van der Waals surface area contributed by atoms with E-state index in [0.717, 1.165) is 22.4 Å². The Morgan fingerprint density at radius 3 is 2.25 bits per heavy atom. The summed E-state index contributed by atoms with van der Waals surface area (Å²) in [4.78, 5) is 0. The van der Waals surface area contributed by atoms with Gasteiger partial charge in [0.05, 0.1) is 13.7 Å². The van der Waals surface area contributed by atoms with Crippen LogP contribution in [-0.2, 0) is 5.41 Å². The van der Waals surface area contributed by atoms with Crippen LogP contribution in [0, 0.1) is 13.8 Å². The van der Waals surface area contributed by atoms with Crippen LogP contribution in [0.2, 0.25) is 0 Å². The highest BCUT2D eigenvalue weighted by Gasteiger charge is 2.26. The molecule has 0 unspecified atom stereocenters. The highest BCUT2D eigenvalue weighted by Crippen LogP contribution is 2.38. The van der Waals surface area contributed by atoms with Crippen molar-refractivity contribution in [3.63, 3.8) is 0 Å². The number of benzene rings is 1. The number of hydrogen-bond acceptors (Lipinski definition) is 3. The number of phenolic OH excluding ortho intramolecular Hbond substituents is 1. The zero-order valence-electron chi connectivity index (χ0n) is 10.6. The lowest BCUT2D eigenvalue weighted by atomic mass is 9.83. The molecule has 16 heavy (non-hydrogen) atoms. The van der Waals surface area contributed by atoms with E-state index in [2.05, 4.69) is 0 Å². The second-order valence-corrected chi connectivity index (χ2v) is 4.77. The molecule has 0 aliphatic rings. The van der Waals surface area contributed by atoms with Gasteiger partial charge in [0.15, 0.2) is 0 Å². The summed E-state index contributed by atoms with van der Waals surface area (Å²) < 4.78 is 5.27.